The molecule has 0 spiro atoms. The van der Waals surface area contributed by atoms with Crippen molar-refractivity contribution in [2.75, 3.05) is 26.7 Å². The fraction of sp³-hybridized carbons (Fsp3) is 0.533. The van der Waals surface area contributed by atoms with Gasteiger partial charge >= 0.3 is 5.97 Å². The zero-order valence-corrected chi connectivity index (χ0v) is 12.3. The molecule has 1 aliphatic heterocycles. The molecule has 2 aromatic heterocycles. The van der Waals surface area contributed by atoms with Crippen LogP contribution in [0.5, 0.6) is 0 Å². The van der Waals surface area contributed by atoms with Gasteiger partial charge in [0, 0.05) is 19.2 Å². The predicted molar refractivity (Wildman–Crippen MR) is 78.3 cm³/mol. The first kappa shape index (κ1) is 14.0. The Bertz CT molecular complexity index is 632. The SMILES string of the molecule is COC(=O)c1ccc2nc(CCN3CCCCC3)nn2c1. The predicted octanol–water partition coefficient (Wildman–Crippen LogP) is 1.54. The number of hydrogen-bond acceptors (Lipinski definition) is 5. The highest BCUT2D eigenvalue weighted by atomic mass is 16.5. The highest BCUT2D eigenvalue weighted by molar-refractivity contribution is 5.89. The van der Waals surface area contributed by atoms with Gasteiger partial charge in [-0.1, -0.05) is 6.42 Å². The van der Waals surface area contributed by atoms with Crippen LogP contribution < -0.4 is 0 Å². The average molecular weight is 288 g/mol. The summed E-state index contributed by atoms with van der Waals surface area (Å²) in [6.07, 6.45) is 6.44. The van der Waals surface area contributed by atoms with Gasteiger partial charge in [-0.2, -0.15) is 5.10 Å². The van der Waals surface area contributed by atoms with Gasteiger partial charge in [-0.3, -0.25) is 0 Å². The van der Waals surface area contributed by atoms with E-state index in [1.165, 1.54) is 39.5 Å². The maximum atomic E-state index is 11.5. The molecule has 0 aromatic carbocycles. The molecule has 1 aliphatic rings. The Kier molecular flexibility index (Phi) is 4.15. The molecule has 0 aliphatic carbocycles. The Balaban J connectivity index is 1.70. The maximum absolute atomic E-state index is 11.5. The molecule has 6 heteroatoms. The fourth-order valence-electron chi connectivity index (χ4n) is 2.71. The molecule has 0 atom stereocenters. The smallest absolute Gasteiger partial charge is 0.339 e. The third kappa shape index (κ3) is 3.21. The number of esters is 1. The molecule has 0 bridgehead atoms. The summed E-state index contributed by atoms with van der Waals surface area (Å²) in [5, 5.41) is 4.45. The quantitative estimate of drug-likeness (QED) is 0.799. The van der Waals surface area contributed by atoms with E-state index in [1.807, 2.05) is 0 Å². The topological polar surface area (TPSA) is 59.7 Å². The van der Waals surface area contributed by atoms with Crippen LogP contribution in [0, 0.1) is 0 Å². The number of carbonyl (C=O) groups excluding carboxylic acids is 1. The molecule has 0 unspecified atom stereocenters. The zero-order chi connectivity index (χ0) is 14.7. The van der Waals surface area contributed by atoms with Gasteiger partial charge in [0.25, 0.3) is 0 Å². The Labute approximate surface area is 123 Å². The van der Waals surface area contributed by atoms with E-state index in [4.69, 9.17) is 4.74 Å². The van der Waals surface area contributed by atoms with E-state index >= 15 is 0 Å². The van der Waals surface area contributed by atoms with Crippen LogP contribution in [-0.2, 0) is 11.2 Å². The van der Waals surface area contributed by atoms with Crippen LogP contribution >= 0.6 is 0 Å². The van der Waals surface area contributed by atoms with Gasteiger partial charge < -0.3 is 9.64 Å². The number of carbonyl (C=O) groups is 1. The van der Waals surface area contributed by atoms with Gasteiger partial charge in [-0.25, -0.2) is 14.3 Å². The van der Waals surface area contributed by atoms with Crippen molar-refractivity contribution in [1.82, 2.24) is 19.5 Å². The molecule has 0 N–H and O–H groups in total. The molecule has 112 valence electrons. The monoisotopic (exact) mass is 288 g/mol. The van der Waals surface area contributed by atoms with Crippen LogP contribution in [0.25, 0.3) is 5.65 Å². The van der Waals surface area contributed by atoms with Crippen molar-refractivity contribution in [2.24, 2.45) is 0 Å². The second-order valence-electron chi connectivity index (χ2n) is 5.39. The Morgan fingerprint density at radius 2 is 2.10 bits per heavy atom. The summed E-state index contributed by atoms with van der Waals surface area (Å²) in [4.78, 5) is 18.5. The summed E-state index contributed by atoms with van der Waals surface area (Å²) in [5.74, 6) is 0.463. The number of rotatable bonds is 4. The standard InChI is InChI=1S/C15H20N4O2/c1-21-15(20)12-5-6-14-16-13(17-19(14)11-12)7-10-18-8-3-2-4-9-18/h5-6,11H,2-4,7-10H2,1H3. The minimum Gasteiger partial charge on any atom is -0.465 e. The summed E-state index contributed by atoms with van der Waals surface area (Å²) in [6.45, 7) is 3.36. The number of likely N-dealkylation sites (tertiary alicyclic amines) is 1. The van der Waals surface area contributed by atoms with Crippen molar-refractivity contribution in [2.45, 2.75) is 25.7 Å². The first-order valence-electron chi connectivity index (χ1n) is 7.42. The van der Waals surface area contributed by atoms with Crippen molar-refractivity contribution in [3.05, 3.63) is 29.7 Å². The van der Waals surface area contributed by atoms with Crippen molar-refractivity contribution in [3.8, 4) is 0 Å². The molecule has 3 rings (SSSR count). The fourth-order valence-corrected chi connectivity index (χ4v) is 2.71. The van der Waals surface area contributed by atoms with Crippen LogP contribution in [0.4, 0.5) is 0 Å². The second kappa shape index (κ2) is 6.22. The van der Waals surface area contributed by atoms with Gasteiger partial charge in [0.2, 0.25) is 0 Å². The largest absolute Gasteiger partial charge is 0.465 e. The number of nitrogens with zero attached hydrogens (tertiary/aromatic N) is 4. The minimum absolute atomic E-state index is 0.359. The molecule has 1 fully saturated rings. The normalized spacial score (nSPS) is 16.2. The number of piperidine rings is 1. The molecule has 21 heavy (non-hydrogen) atoms. The number of ether oxygens (including phenoxy) is 1. The molecule has 6 nitrogen and oxygen atoms in total. The molecule has 0 saturated carbocycles. The van der Waals surface area contributed by atoms with Crippen molar-refractivity contribution in [1.29, 1.82) is 0 Å². The third-order valence-electron chi connectivity index (χ3n) is 3.90. The number of hydrogen-bond donors (Lipinski definition) is 0. The summed E-state index contributed by atoms with van der Waals surface area (Å²) in [7, 11) is 1.37. The lowest BCUT2D eigenvalue weighted by atomic mass is 10.1. The lowest BCUT2D eigenvalue weighted by Crippen LogP contribution is -2.31. The first-order chi connectivity index (χ1) is 10.3. The molecule has 3 heterocycles. The Hall–Kier alpha value is -1.95. The molecule has 2 aromatic rings. The summed E-state index contributed by atoms with van der Waals surface area (Å²) in [6, 6.07) is 3.51. The third-order valence-corrected chi connectivity index (χ3v) is 3.90. The van der Waals surface area contributed by atoms with Crippen LogP contribution in [-0.4, -0.2) is 52.2 Å². The second-order valence-corrected chi connectivity index (χ2v) is 5.39. The van der Waals surface area contributed by atoms with Gasteiger partial charge in [-0.05, 0) is 38.1 Å². The highest BCUT2D eigenvalue weighted by Crippen LogP contribution is 2.10. The summed E-state index contributed by atoms with van der Waals surface area (Å²) >= 11 is 0. The highest BCUT2D eigenvalue weighted by Gasteiger charge is 2.12. The van der Waals surface area contributed by atoms with Crippen molar-refractivity contribution >= 4 is 11.6 Å². The lowest BCUT2D eigenvalue weighted by Gasteiger charge is -2.25. The van der Waals surface area contributed by atoms with Crippen LogP contribution in [0.3, 0.4) is 0 Å². The Morgan fingerprint density at radius 3 is 2.86 bits per heavy atom. The molecular formula is C15H20N4O2. The van der Waals surface area contributed by atoms with Gasteiger partial charge in [0.1, 0.15) is 0 Å². The summed E-state index contributed by atoms with van der Waals surface area (Å²) < 4.78 is 6.36. The molecular weight excluding hydrogens is 268 g/mol. The van der Waals surface area contributed by atoms with E-state index in [9.17, 15) is 4.79 Å². The number of methoxy groups -OCH3 is 1. The van der Waals surface area contributed by atoms with E-state index < -0.39 is 0 Å². The van der Waals surface area contributed by atoms with E-state index in [2.05, 4.69) is 15.0 Å². The zero-order valence-electron chi connectivity index (χ0n) is 12.3. The molecule has 1 saturated heterocycles. The summed E-state index contributed by atoms with van der Waals surface area (Å²) in [5.41, 5.74) is 1.24. The van der Waals surface area contributed by atoms with Gasteiger partial charge in [-0.15, -0.1) is 0 Å². The van der Waals surface area contributed by atoms with E-state index in [0.717, 1.165) is 24.4 Å². The van der Waals surface area contributed by atoms with Crippen LogP contribution in [0.15, 0.2) is 18.3 Å². The van der Waals surface area contributed by atoms with Crippen molar-refractivity contribution in [3.63, 3.8) is 0 Å². The maximum Gasteiger partial charge on any atom is 0.339 e. The van der Waals surface area contributed by atoms with Gasteiger partial charge in [0.05, 0.1) is 12.7 Å². The Morgan fingerprint density at radius 1 is 1.29 bits per heavy atom. The molecule has 0 amide bonds. The average Bonchev–Trinajstić information content (AvgIpc) is 2.95. The first-order valence-corrected chi connectivity index (χ1v) is 7.42. The molecule has 0 radical (unpaired) electrons. The lowest BCUT2D eigenvalue weighted by molar-refractivity contribution is 0.0600. The van der Waals surface area contributed by atoms with E-state index in [1.54, 1.807) is 22.8 Å². The van der Waals surface area contributed by atoms with Crippen LogP contribution in [0.2, 0.25) is 0 Å². The van der Waals surface area contributed by atoms with Gasteiger partial charge in [0.15, 0.2) is 11.5 Å². The van der Waals surface area contributed by atoms with Crippen LogP contribution in [0.1, 0.15) is 35.4 Å². The minimum atomic E-state index is -0.359. The van der Waals surface area contributed by atoms with Crippen molar-refractivity contribution < 1.29 is 9.53 Å². The number of pyridine rings is 1. The van der Waals surface area contributed by atoms with E-state index in [-0.39, 0.29) is 5.97 Å². The van der Waals surface area contributed by atoms with E-state index in [0.29, 0.717) is 5.56 Å². The number of fused-ring (bicyclic) bond motifs is 1. The number of aromatic nitrogens is 3.